The number of hydrogen-bond acceptors (Lipinski definition) is 2. The maximum Gasteiger partial charge on any atom is 0.0998 e. The monoisotopic (exact) mass is 352 g/mol. The summed E-state index contributed by atoms with van der Waals surface area (Å²) in [5, 5.41) is 12.1. The molecule has 1 aliphatic heterocycles. The van der Waals surface area contributed by atoms with E-state index in [0.29, 0.717) is 5.57 Å². The van der Waals surface area contributed by atoms with Crippen molar-refractivity contribution in [3.8, 4) is 6.07 Å². The summed E-state index contributed by atoms with van der Waals surface area (Å²) in [5.41, 5.74) is 5.30. The highest BCUT2D eigenvalue weighted by atomic mass is 15.1. The van der Waals surface area contributed by atoms with E-state index in [1.165, 1.54) is 35.9 Å². The van der Waals surface area contributed by atoms with Crippen LogP contribution in [-0.4, -0.2) is 13.1 Å². The zero-order valence-electron chi connectivity index (χ0n) is 15.8. The number of benzene rings is 3. The zero-order valence-corrected chi connectivity index (χ0v) is 15.8. The Hall–Kier alpha value is -3.05. The fourth-order valence-electron chi connectivity index (χ4n) is 3.86. The fourth-order valence-corrected chi connectivity index (χ4v) is 3.86. The largest absolute Gasteiger partial charge is 0.372 e. The molecule has 0 bridgehead atoms. The summed E-state index contributed by atoms with van der Waals surface area (Å²) in [6.45, 7) is 4.43. The minimum atomic E-state index is 0.703. The fraction of sp³-hybridized carbons (Fsp3) is 0.240. The Morgan fingerprint density at radius 2 is 1.70 bits per heavy atom. The summed E-state index contributed by atoms with van der Waals surface area (Å²) in [7, 11) is 0. The van der Waals surface area contributed by atoms with Crippen LogP contribution in [0, 0.1) is 18.3 Å². The van der Waals surface area contributed by atoms with Gasteiger partial charge in [-0.3, -0.25) is 0 Å². The molecule has 2 heteroatoms. The van der Waals surface area contributed by atoms with Gasteiger partial charge in [0.25, 0.3) is 0 Å². The summed E-state index contributed by atoms with van der Waals surface area (Å²) < 4.78 is 0. The summed E-state index contributed by atoms with van der Waals surface area (Å²) in [6.07, 6.45) is 5.91. The van der Waals surface area contributed by atoms with Crippen LogP contribution in [0.15, 0.2) is 60.7 Å². The summed E-state index contributed by atoms with van der Waals surface area (Å²) in [5.74, 6) is 0. The van der Waals surface area contributed by atoms with Crippen LogP contribution < -0.4 is 4.90 Å². The summed E-state index contributed by atoms with van der Waals surface area (Å²) in [6, 6.07) is 23.5. The van der Waals surface area contributed by atoms with E-state index in [2.05, 4.69) is 60.4 Å². The maximum atomic E-state index is 9.74. The summed E-state index contributed by atoms with van der Waals surface area (Å²) in [4.78, 5) is 2.47. The van der Waals surface area contributed by atoms with Crippen molar-refractivity contribution in [2.24, 2.45) is 0 Å². The van der Waals surface area contributed by atoms with Crippen molar-refractivity contribution in [1.29, 1.82) is 5.26 Å². The van der Waals surface area contributed by atoms with E-state index in [-0.39, 0.29) is 0 Å². The van der Waals surface area contributed by atoms with E-state index < -0.39 is 0 Å². The topological polar surface area (TPSA) is 27.0 Å². The first-order chi connectivity index (χ1) is 13.2. The number of piperidine rings is 1. The Kier molecular flexibility index (Phi) is 4.94. The molecule has 1 aliphatic rings. The van der Waals surface area contributed by atoms with E-state index in [9.17, 15) is 5.26 Å². The van der Waals surface area contributed by atoms with Crippen LogP contribution in [0.3, 0.4) is 0 Å². The van der Waals surface area contributed by atoms with Crippen molar-refractivity contribution in [2.75, 3.05) is 18.0 Å². The van der Waals surface area contributed by atoms with Crippen molar-refractivity contribution in [3.63, 3.8) is 0 Å². The lowest BCUT2D eigenvalue weighted by atomic mass is 9.98. The molecule has 0 radical (unpaired) electrons. The highest BCUT2D eigenvalue weighted by molar-refractivity contribution is 5.94. The Labute approximate surface area is 161 Å². The number of allylic oxidation sites excluding steroid dienone is 1. The molecule has 0 saturated carbocycles. The molecular formula is C25H24N2. The molecule has 3 aromatic rings. The van der Waals surface area contributed by atoms with Gasteiger partial charge in [0.2, 0.25) is 0 Å². The van der Waals surface area contributed by atoms with Gasteiger partial charge >= 0.3 is 0 Å². The van der Waals surface area contributed by atoms with Gasteiger partial charge in [-0.15, -0.1) is 0 Å². The van der Waals surface area contributed by atoms with Gasteiger partial charge in [0.05, 0.1) is 11.6 Å². The number of anilines is 1. The molecule has 1 fully saturated rings. The number of nitriles is 1. The van der Waals surface area contributed by atoms with Crippen LogP contribution in [0.1, 0.15) is 36.0 Å². The number of nitrogens with zero attached hydrogens (tertiary/aromatic N) is 2. The Morgan fingerprint density at radius 1 is 0.926 bits per heavy atom. The number of fused-ring (bicyclic) bond motifs is 1. The smallest absolute Gasteiger partial charge is 0.0998 e. The molecule has 0 unspecified atom stereocenters. The van der Waals surface area contributed by atoms with E-state index in [1.54, 1.807) is 0 Å². The van der Waals surface area contributed by atoms with E-state index in [0.717, 1.165) is 29.6 Å². The zero-order chi connectivity index (χ0) is 18.6. The van der Waals surface area contributed by atoms with Crippen LogP contribution in [-0.2, 0) is 0 Å². The quantitative estimate of drug-likeness (QED) is 0.414. The normalized spacial score (nSPS) is 15.0. The third-order valence-electron chi connectivity index (χ3n) is 5.46. The first kappa shape index (κ1) is 17.4. The molecule has 3 aromatic carbocycles. The van der Waals surface area contributed by atoms with Gasteiger partial charge in [0, 0.05) is 18.8 Å². The van der Waals surface area contributed by atoms with E-state index in [1.807, 2.05) is 24.3 Å². The van der Waals surface area contributed by atoms with Gasteiger partial charge in [-0.1, -0.05) is 42.5 Å². The minimum absolute atomic E-state index is 0.703. The van der Waals surface area contributed by atoms with Crippen LogP contribution in [0.5, 0.6) is 0 Å². The molecule has 27 heavy (non-hydrogen) atoms. The van der Waals surface area contributed by atoms with Crippen molar-refractivity contribution in [2.45, 2.75) is 26.2 Å². The van der Waals surface area contributed by atoms with Crippen LogP contribution >= 0.6 is 0 Å². The van der Waals surface area contributed by atoms with Crippen molar-refractivity contribution < 1.29 is 0 Å². The second kappa shape index (κ2) is 7.68. The van der Waals surface area contributed by atoms with Gasteiger partial charge in [-0.25, -0.2) is 0 Å². The molecule has 134 valence electrons. The Bertz CT molecular complexity index is 1030. The first-order valence-electron chi connectivity index (χ1n) is 9.71. The predicted octanol–water partition coefficient (Wildman–Crippen LogP) is 6.20. The maximum absolute atomic E-state index is 9.74. The van der Waals surface area contributed by atoms with Crippen LogP contribution in [0.4, 0.5) is 5.69 Å². The standard InChI is InChI=1S/C25H24N2/c1-19-15-25(27-13-5-2-6-14-27)12-11-21(19)16-24(18-26)23-10-9-20-7-3-4-8-22(20)17-23/h3-4,7-12,15-17H,2,5-6,13-14H2,1H3. The highest BCUT2D eigenvalue weighted by Gasteiger charge is 2.12. The Morgan fingerprint density at radius 3 is 2.44 bits per heavy atom. The lowest BCUT2D eigenvalue weighted by Gasteiger charge is -2.29. The molecule has 0 spiro atoms. The number of aryl methyl sites for hydroxylation is 1. The lowest BCUT2D eigenvalue weighted by Crippen LogP contribution is -2.29. The minimum Gasteiger partial charge on any atom is -0.372 e. The second-order valence-electron chi connectivity index (χ2n) is 7.32. The Balaban J connectivity index is 1.66. The average Bonchev–Trinajstić information content (AvgIpc) is 2.73. The molecule has 1 heterocycles. The van der Waals surface area contributed by atoms with E-state index in [4.69, 9.17) is 0 Å². The van der Waals surface area contributed by atoms with Crippen molar-refractivity contribution in [1.82, 2.24) is 0 Å². The number of rotatable bonds is 3. The van der Waals surface area contributed by atoms with Crippen molar-refractivity contribution in [3.05, 3.63) is 77.4 Å². The molecule has 4 rings (SSSR count). The predicted molar refractivity (Wildman–Crippen MR) is 115 cm³/mol. The molecule has 2 nitrogen and oxygen atoms in total. The lowest BCUT2D eigenvalue weighted by molar-refractivity contribution is 0.578. The average molecular weight is 352 g/mol. The van der Waals surface area contributed by atoms with Gasteiger partial charge in [0.15, 0.2) is 0 Å². The van der Waals surface area contributed by atoms with Gasteiger partial charge < -0.3 is 4.90 Å². The van der Waals surface area contributed by atoms with E-state index >= 15 is 0 Å². The van der Waals surface area contributed by atoms with Gasteiger partial charge in [-0.05, 0) is 77.9 Å². The molecule has 0 aromatic heterocycles. The molecular weight excluding hydrogens is 328 g/mol. The third kappa shape index (κ3) is 3.73. The third-order valence-corrected chi connectivity index (χ3v) is 5.46. The van der Waals surface area contributed by atoms with Crippen molar-refractivity contribution >= 4 is 28.1 Å². The first-order valence-corrected chi connectivity index (χ1v) is 9.71. The summed E-state index contributed by atoms with van der Waals surface area (Å²) >= 11 is 0. The SMILES string of the molecule is Cc1cc(N2CCCCC2)ccc1C=C(C#N)c1ccc2ccccc2c1. The van der Waals surface area contributed by atoms with Gasteiger partial charge in [-0.2, -0.15) is 5.26 Å². The molecule has 1 saturated heterocycles. The van der Waals surface area contributed by atoms with Gasteiger partial charge in [0.1, 0.15) is 0 Å². The number of hydrogen-bond donors (Lipinski definition) is 0. The second-order valence-corrected chi connectivity index (χ2v) is 7.32. The van der Waals surface area contributed by atoms with Crippen LogP contribution in [0.2, 0.25) is 0 Å². The van der Waals surface area contributed by atoms with Crippen LogP contribution in [0.25, 0.3) is 22.4 Å². The molecule has 0 aliphatic carbocycles. The molecule has 0 atom stereocenters. The molecule has 0 N–H and O–H groups in total. The highest BCUT2D eigenvalue weighted by Crippen LogP contribution is 2.27. The molecule has 0 amide bonds.